The number of aliphatic hydroxyl groups excluding tert-OH is 1. The average molecular weight is 409 g/mol. The van der Waals surface area contributed by atoms with Gasteiger partial charge in [0, 0.05) is 52.1 Å². The smallest absolute Gasteiger partial charge is 0.229 e. The molecule has 1 amide bonds. The molecule has 2 saturated carbocycles. The molecule has 3 aromatic rings. The van der Waals surface area contributed by atoms with Crippen molar-refractivity contribution in [1.82, 2.24) is 9.97 Å². The first-order chi connectivity index (χ1) is 13.9. The monoisotopic (exact) mass is 408 g/mol. The zero-order valence-corrected chi connectivity index (χ0v) is 16.6. The van der Waals surface area contributed by atoms with Crippen molar-refractivity contribution in [3.05, 3.63) is 47.4 Å². The maximum absolute atomic E-state index is 12.6. The second kappa shape index (κ2) is 6.68. The zero-order valence-electron chi connectivity index (χ0n) is 15.9. The number of nitrogens with two attached hydrogens (primary N) is 1. The standard InChI is InChI=1S/C22H21ClN4O2/c1-10-2-3-25-8-16(10)14-6-18(24)17-9-26-19(7-15(17)21(14)23)27-22(29)20-12-4-11(28)5-13(12)20/h2-3,6-9,11-13,20,28H,4-5,24H2,1H3,(H,26,27,29). The number of nitrogen functional groups attached to an aromatic ring is 1. The van der Waals surface area contributed by atoms with Gasteiger partial charge in [-0.25, -0.2) is 4.98 Å². The number of hydrogen-bond donors (Lipinski definition) is 3. The SMILES string of the molecule is Cc1ccncc1-c1cc(N)c2cnc(NC(=O)C3C4CC(O)CC43)cc2c1Cl. The lowest BCUT2D eigenvalue weighted by molar-refractivity contribution is -0.118. The van der Waals surface area contributed by atoms with Crippen molar-refractivity contribution in [3.8, 4) is 11.1 Å². The molecule has 2 aliphatic rings. The van der Waals surface area contributed by atoms with Gasteiger partial charge in [-0.1, -0.05) is 11.6 Å². The Labute approximate surface area is 173 Å². The fourth-order valence-electron chi connectivity index (χ4n) is 4.73. The third-order valence-corrected chi connectivity index (χ3v) is 6.70. The van der Waals surface area contributed by atoms with Crippen LogP contribution in [0.5, 0.6) is 0 Å². The van der Waals surface area contributed by atoms with E-state index in [0.29, 0.717) is 41.2 Å². The normalized spacial score (nSPS) is 25.1. The Bertz CT molecular complexity index is 1140. The van der Waals surface area contributed by atoms with Gasteiger partial charge in [-0.3, -0.25) is 9.78 Å². The number of aromatic nitrogens is 2. The van der Waals surface area contributed by atoms with Gasteiger partial charge in [-0.2, -0.15) is 0 Å². The largest absolute Gasteiger partial charge is 0.398 e. The molecule has 0 aliphatic heterocycles. The van der Waals surface area contributed by atoms with Crippen LogP contribution in [0.3, 0.4) is 0 Å². The molecule has 5 rings (SSSR count). The Morgan fingerprint density at radius 1 is 1.21 bits per heavy atom. The van der Waals surface area contributed by atoms with Gasteiger partial charge in [0.25, 0.3) is 0 Å². The van der Waals surface area contributed by atoms with Crippen LogP contribution in [-0.2, 0) is 4.79 Å². The van der Waals surface area contributed by atoms with E-state index in [4.69, 9.17) is 17.3 Å². The van der Waals surface area contributed by atoms with Crippen molar-refractivity contribution in [2.24, 2.45) is 17.8 Å². The summed E-state index contributed by atoms with van der Waals surface area (Å²) in [4.78, 5) is 21.2. The molecule has 2 aromatic heterocycles. The number of carbonyl (C=O) groups is 1. The lowest BCUT2D eigenvalue weighted by atomic mass is 9.99. The van der Waals surface area contributed by atoms with Crippen LogP contribution in [0.15, 0.2) is 36.8 Å². The number of hydrogen-bond acceptors (Lipinski definition) is 5. The minimum atomic E-state index is -0.260. The van der Waals surface area contributed by atoms with Crippen LogP contribution in [0, 0.1) is 24.7 Å². The molecule has 148 valence electrons. The number of amides is 1. The molecule has 0 radical (unpaired) electrons. The van der Waals surface area contributed by atoms with Gasteiger partial charge in [0.1, 0.15) is 5.82 Å². The molecule has 0 bridgehead atoms. The van der Waals surface area contributed by atoms with Crippen molar-refractivity contribution >= 4 is 39.8 Å². The van der Waals surface area contributed by atoms with E-state index >= 15 is 0 Å². The van der Waals surface area contributed by atoms with E-state index < -0.39 is 0 Å². The van der Waals surface area contributed by atoms with Gasteiger partial charge in [0.15, 0.2) is 0 Å². The molecule has 2 aliphatic carbocycles. The van der Waals surface area contributed by atoms with Crippen LogP contribution in [0.25, 0.3) is 21.9 Å². The van der Waals surface area contributed by atoms with E-state index in [1.807, 2.05) is 19.1 Å². The Kier molecular flexibility index (Phi) is 4.22. The van der Waals surface area contributed by atoms with Gasteiger partial charge in [-0.05, 0) is 55.4 Å². The Hall–Kier alpha value is -2.70. The van der Waals surface area contributed by atoms with Crippen molar-refractivity contribution in [2.45, 2.75) is 25.9 Å². The molecule has 4 N–H and O–H groups in total. The number of carbonyl (C=O) groups excluding carboxylic acids is 1. The number of nitrogens with one attached hydrogen (secondary N) is 1. The molecule has 2 atom stereocenters. The third-order valence-electron chi connectivity index (χ3n) is 6.29. The quantitative estimate of drug-likeness (QED) is 0.572. The Balaban J connectivity index is 1.49. The lowest BCUT2D eigenvalue weighted by Gasteiger charge is -2.14. The number of halogens is 1. The predicted molar refractivity (Wildman–Crippen MR) is 113 cm³/mol. The maximum Gasteiger partial charge on any atom is 0.229 e. The summed E-state index contributed by atoms with van der Waals surface area (Å²) in [6.07, 6.45) is 6.31. The number of aryl methyl sites for hydroxylation is 1. The number of benzene rings is 1. The highest BCUT2D eigenvalue weighted by Crippen LogP contribution is 2.57. The van der Waals surface area contributed by atoms with Crippen LogP contribution in [-0.4, -0.2) is 27.1 Å². The van der Waals surface area contributed by atoms with Gasteiger partial charge in [0.2, 0.25) is 5.91 Å². The fraction of sp³-hybridized carbons (Fsp3) is 0.318. The van der Waals surface area contributed by atoms with Crippen LogP contribution in [0.2, 0.25) is 5.02 Å². The highest BCUT2D eigenvalue weighted by Gasteiger charge is 2.59. The number of rotatable bonds is 3. The van der Waals surface area contributed by atoms with Crippen LogP contribution < -0.4 is 11.1 Å². The Morgan fingerprint density at radius 3 is 2.69 bits per heavy atom. The van der Waals surface area contributed by atoms with E-state index in [2.05, 4.69) is 15.3 Å². The minimum Gasteiger partial charge on any atom is -0.398 e. The summed E-state index contributed by atoms with van der Waals surface area (Å²) < 4.78 is 0. The van der Waals surface area contributed by atoms with Crippen LogP contribution in [0.1, 0.15) is 18.4 Å². The number of aliphatic hydroxyl groups is 1. The molecule has 0 spiro atoms. The van der Waals surface area contributed by atoms with Crippen LogP contribution in [0.4, 0.5) is 11.5 Å². The second-order valence-electron chi connectivity index (χ2n) is 8.10. The molecule has 7 heteroatoms. The average Bonchev–Trinajstić information content (AvgIpc) is 3.22. The molecule has 0 saturated heterocycles. The molecule has 6 nitrogen and oxygen atoms in total. The maximum atomic E-state index is 12.6. The number of nitrogens with zero attached hydrogens (tertiary/aromatic N) is 2. The first kappa shape index (κ1) is 18.3. The highest BCUT2D eigenvalue weighted by atomic mass is 35.5. The van der Waals surface area contributed by atoms with E-state index in [-0.39, 0.29) is 17.9 Å². The molecule has 29 heavy (non-hydrogen) atoms. The first-order valence-corrected chi connectivity index (χ1v) is 10.1. The Morgan fingerprint density at radius 2 is 1.97 bits per heavy atom. The number of anilines is 2. The summed E-state index contributed by atoms with van der Waals surface area (Å²) in [7, 11) is 0. The molecule has 2 heterocycles. The third kappa shape index (κ3) is 3.03. The van der Waals surface area contributed by atoms with Crippen molar-refractivity contribution in [2.75, 3.05) is 11.1 Å². The lowest BCUT2D eigenvalue weighted by Crippen LogP contribution is -2.19. The molecule has 1 aromatic carbocycles. The van der Waals surface area contributed by atoms with Gasteiger partial charge < -0.3 is 16.2 Å². The molecule has 2 unspecified atom stereocenters. The van der Waals surface area contributed by atoms with Gasteiger partial charge in [0.05, 0.1) is 11.1 Å². The number of fused-ring (bicyclic) bond motifs is 2. The van der Waals surface area contributed by atoms with E-state index in [0.717, 1.165) is 27.5 Å². The summed E-state index contributed by atoms with van der Waals surface area (Å²) in [5.74, 6) is 0.979. The summed E-state index contributed by atoms with van der Waals surface area (Å²) in [5.41, 5.74) is 9.60. The van der Waals surface area contributed by atoms with Crippen molar-refractivity contribution in [1.29, 1.82) is 0 Å². The van der Waals surface area contributed by atoms with E-state index in [1.54, 1.807) is 24.7 Å². The summed E-state index contributed by atoms with van der Waals surface area (Å²) in [6.45, 7) is 2.00. The molecule has 2 fully saturated rings. The van der Waals surface area contributed by atoms with Crippen LogP contribution >= 0.6 is 11.6 Å². The molecular formula is C22H21ClN4O2. The predicted octanol–water partition coefficient (Wildman–Crippen LogP) is 3.80. The van der Waals surface area contributed by atoms with Crippen molar-refractivity contribution < 1.29 is 9.90 Å². The highest BCUT2D eigenvalue weighted by molar-refractivity contribution is 6.39. The summed E-state index contributed by atoms with van der Waals surface area (Å²) >= 11 is 6.75. The van der Waals surface area contributed by atoms with Gasteiger partial charge in [-0.15, -0.1) is 0 Å². The summed E-state index contributed by atoms with van der Waals surface area (Å²) in [5, 5.41) is 14.6. The van der Waals surface area contributed by atoms with E-state index in [1.165, 1.54) is 0 Å². The van der Waals surface area contributed by atoms with Crippen molar-refractivity contribution in [3.63, 3.8) is 0 Å². The van der Waals surface area contributed by atoms with Gasteiger partial charge >= 0.3 is 0 Å². The minimum absolute atomic E-state index is 0.0270. The molecular weight excluding hydrogens is 388 g/mol. The first-order valence-electron chi connectivity index (χ1n) is 9.71. The zero-order chi connectivity index (χ0) is 20.3. The second-order valence-corrected chi connectivity index (χ2v) is 8.48. The number of pyridine rings is 2. The van der Waals surface area contributed by atoms with E-state index in [9.17, 15) is 9.90 Å². The topological polar surface area (TPSA) is 101 Å². The summed E-state index contributed by atoms with van der Waals surface area (Å²) in [6, 6.07) is 5.53. The fourth-order valence-corrected chi connectivity index (χ4v) is 5.04.